The number of sulfonamides is 1. The molecule has 1 aromatic heterocycles. The van der Waals surface area contributed by atoms with Crippen molar-refractivity contribution in [2.45, 2.75) is 50.0 Å². The van der Waals surface area contributed by atoms with E-state index < -0.39 is 15.9 Å². The molecule has 28 heavy (non-hydrogen) atoms. The summed E-state index contributed by atoms with van der Waals surface area (Å²) >= 11 is 1.53. The number of rotatable bonds is 7. The van der Waals surface area contributed by atoms with Gasteiger partial charge in [0, 0.05) is 10.9 Å². The van der Waals surface area contributed by atoms with Crippen molar-refractivity contribution in [3.05, 3.63) is 52.2 Å². The predicted molar refractivity (Wildman–Crippen MR) is 112 cm³/mol. The Morgan fingerprint density at radius 1 is 1.21 bits per heavy atom. The van der Waals surface area contributed by atoms with Gasteiger partial charge in [0.1, 0.15) is 0 Å². The van der Waals surface area contributed by atoms with Gasteiger partial charge >= 0.3 is 0 Å². The molecule has 1 saturated carbocycles. The highest BCUT2D eigenvalue weighted by molar-refractivity contribution is 7.89. The zero-order chi connectivity index (χ0) is 20.0. The van der Waals surface area contributed by atoms with Gasteiger partial charge in [0.15, 0.2) is 0 Å². The second kappa shape index (κ2) is 9.45. The SMILES string of the molecule is Cc1ccsc1/C=N/NC(=O)CN(C1CCCCC1)S(=O)(=O)c1ccccc1. The molecule has 0 saturated heterocycles. The van der Waals surface area contributed by atoms with E-state index in [1.165, 1.54) is 15.6 Å². The molecule has 8 heteroatoms. The van der Waals surface area contributed by atoms with Gasteiger partial charge in [-0.15, -0.1) is 11.3 Å². The summed E-state index contributed by atoms with van der Waals surface area (Å²) in [6.07, 6.45) is 6.20. The van der Waals surface area contributed by atoms with Gasteiger partial charge in [-0.3, -0.25) is 4.79 Å². The van der Waals surface area contributed by atoms with Gasteiger partial charge in [0.05, 0.1) is 17.7 Å². The third kappa shape index (κ3) is 5.06. The Hall–Kier alpha value is -2.03. The lowest BCUT2D eigenvalue weighted by molar-refractivity contribution is -0.121. The minimum absolute atomic E-state index is 0.159. The summed E-state index contributed by atoms with van der Waals surface area (Å²) < 4.78 is 27.7. The number of aryl methyl sites for hydroxylation is 1. The molecule has 0 radical (unpaired) electrons. The van der Waals surface area contributed by atoms with E-state index in [1.807, 2.05) is 18.4 Å². The molecule has 6 nitrogen and oxygen atoms in total. The Morgan fingerprint density at radius 3 is 2.57 bits per heavy atom. The van der Waals surface area contributed by atoms with Crippen molar-refractivity contribution >= 4 is 33.5 Å². The van der Waals surface area contributed by atoms with Crippen LogP contribution in [0, 0.1) is 6.92 Å². The number of hydrogen-bond acceptors (Lipinski definition) is 5. The molecule has 1 aliphatic rings. The van der Waals surface area contributed by atoms with Crippen LogP contribution in [0.25, 0.3) is 0 Å². The Kier molecular flexibility index (Phi) is 6.98. The first-order valence-corrected chi connectivity index (χ1v) is 11.7. The highest BCUT2D eigenvalue weighted by Crippen LogP contribution is 2.27. The molecule has 1 heterocycles. The second-order valence-corrected chi connectivity index (χ2v) is 9.75. The van der Waals surface area contributed by atoms with Crippen molar-refractivity contribution in [1.82, 2.24) is 9.73 Å². The quantitative estimate of drug-likeness (QED) is 0.551. The number of carbonyl (C=O) groups excluding carboxylic acids is 1. The van der Waals surface area contributed by atoms with Crippen molar-refractivity contribution in [2.24, 2.45) is 5.10 Å². The first kappa shape index (κ1) is 20.7. The summed E-state index contributed by atoms with van der Waals surface area (Å²) in [5.41, 5.74) is 3.55. The summed E-state index contributed by atoms with van der Waals surface area (Å²) in [7, 11) is -3.75. The smallest absolute Gasteiger partial charge is 0.255 e. The van der Waals surface area contributed by atoms with E-state index >= 15 is 0 Å². The van der Waals surface area contributed by atoms with Crippen molar-refractivity contribution in [1.29, 1.82) is 0 Å². The number of carbonyl (C=O) groups is 1. The fourth-order valence-corrected chi connectivity index (χ4v) is 5.81. The van der Waals surface area contributed by atoms with Gasteiger partial charge in [-0.05, 0) is 48.9 Å². The van der Waals surface area contributed by atoms with Crippen LogP contribution in [0.4, 0.5) is 0 Å². The molecular weight excluding hydrogens is 394 g/mol. The van der Waals surface area contributed by atoms with Crippen LogP contribution in [0.15, 0.2) is 51.8 Å². The third-order valence-corrected chi connectivity index (χ3v) is 7.77. The molecule has 0 atom stereocenters. The molecule has 0 aliphatic heterocycles. The standard InChI is InChI=1S/C20H25N3O3S2/c1-16-12-13-27-19(16)14-21-22-20(24)15-23(17-8-4-2-5-9-17)28(25,26)18-10-6-3-7-11-18/h3,6-7,10-14,17H,2,4-5,8-9,15H2,1H3,(H,22,24)/b21-14+. The number of thiophene rings is 1. The van der Waals surface area contributed by atoms with Crippen LogP contribution < -0.4 is 5.43 Å². The van der Waals surface area contributed by atoms with E-state index in [2.05, 4.69) is 10.5 Å². The number of hydrazone groups is 1. The monoisotopic (exact) mass is 419 g/mol. The molecular formula is C20H25N3O3S2. The molecule has 3 rings (SSSR count). The van der Waals surface area contributed by atoms with E-state index in [9.17, 15) is 13.2 Å². The maximum atomic E-state index is 13.2. The fraction of sp³-hybridized carbons (Fsp3) is 0.400. The van der Waals surface area contributed by atoms with Crippen molar-refractivity contribution in [2.75, 3.05) is 6.54 Å². The third-order valence-electron chi connectivity index (χ3n) is 4.90. The average Bonchev–Trinajstić information content (AvgIpc) is 3.12. The zero-order valence-corrected chi connectivity index (χ0v) is 17.5. The molecule has 0 spiro atoms. The number of nitrogens with zero attached hydrogens (tertiary/aromatic N) is 2. The van der Waals surface area contributed by atoms with Crippen molar-refractivity contribution in [3.63, 3.8) is 0 Å². The van der Waals surface area contributed by atoms with Crippen LogP contribution >= 0.6 is 11.3 Å². The lowest BCUT2D eigenvalue weighted by atomic mass is 9.95. The van der Waals surface area contributed by atoms with E-state index in [-0.39, 0.29) is 17.5 Å². The molecule has 1 fully saturated rings. The van der Waals surface area contributed by atoms with E-state index in [0.29, 0.717) is 0 Å². The summed E-state index contributed by atoms with van der Waals surface area (Å²) in [6, 6.07) is 10.1. The number of hydrogen-bond donors (Lipinski definition) is 1. The van der Waals surface area contributed by atoms with Gasteiger partial charge in [0.2, 0.25) is 10.0 Å². The van der Waals surface area contributed by atoms with Crippen molar-refractivity contribution < 1.29 is 13.2 Å². The minimum Gasteiger partial charge on any atom is -0.272 e. The molecule has 150 valence electrons. The molecule has 2 aromatic rings. The van der Waals surface area contributed by atoms with E-state index in [4.69, 9.17) is 0 Å². The van der Waals surface area contributed by atoms with E-state index in [1.54, 1.807) is 36.5 Å². The Balaban J connectivity index is 1.74. The molecule has 1 aliphatic carbocycles. The van der Waals surface area contributed by atoms with Crippen LogP contribution in [0.3, 0.4) is 0 Å². The number of nitrogens with one attached hydrogen (secondary N) is 1. The molecule has 1 N–H and O–H groups in total. The fourth-order valence-electron chi connectivity index (χ4n) is 3.36. The zero-order valence-electron chi connectivity index (χ0n) is 15.9. The molecule has 1 amide bonds. The van der Waals surface area contributed by atoms with Gasteiger partial charge in [0.25, 0.3) is 5.91 Å². The Labute approximate surface area is 170 Å². The van der Waals surface area contributed by atoms with Gasteiger partial charge in [-0.25, -0.2) is 13.8 Å². The Morgan fingerprint density at radius 2 is 1.93 bits per heavy atom. The summed E-state index contributed by atoms with van der Waals surface area (Å²) in [4.78, 5) is 13.6. The number of benzene rings is 1. The first-order chi connectivity index (χ1) is 13.5. The number of amides is 1. The second-order valence-electron chi connectivity index (χ2n) is 6.92. The molecule has 1 aromatic carbocycles. The predicted octanol–water partition coefficient (Wildman–Crippen LogP) is 3.53. The van der Waals surface area contributed by atoms with Gasteiger partial charge < -0.3 is 0 Å². The van der Waals surface area contributed by atoms with Crippen LogP contribution in [-0.4, -0.2) is 37.4 Å². The molecule has 0 bridgehead atoms. The minimum atomic E-state index is -3.75. The lowest BCUT2D eigenvalue weighted by Crippen LogP contribution is -2.46. The van der Waals surface area contributed by atoms with Crippen LogP contribution in [0.5, 0.6) is 0 Å². The summed E-state index contributed by atoms with van der Waals surface area (Å²) in [6.45, 7) is 1.74. The lowest BCUT2D eigenvalue weighted by Gasteiger charge is -2.32. The van der Waals surface area contributed by atoms with Crippen LogP contribution in [0.2, 0.25) is 0 Å². The highest BCUT2D eigenvalue weighted by atomic mass is 32.2. The largest absolute Gasteiger partial charge is 0.272 e. The topological polar surface area (TPSA) is 78.8 Å². The van der Waals surface area contributed by atoms with Gasteiger partial charge in [-0.1, -0.05) is 37.5 Å². The summed E-state index contributed by atoms with van der Waals surface area (Å²) in [5, 5.41) is 5.95. The average molecular weight is 420 g/mol. The van der Waals surface area contributed by atoms with E-state index in [0.717, 1.165) is 42.5 Å². The summed E-state index contributed by atoms with van der Waals surface area (Å²) in [5.74, 6) is -0.435. The first-order valence-electron chi connectivity index (χ1n) is 9.41. The van der Waals surface area contributed by atoms with Crippen LogP contribution in [-0.2, 0) is 14.8 Å². The maximum absolute atomic E-state index is 13.2. The highest BCUT2D eigenvalue weighted by Gasteiger charge is 2.33. The van der Waals surface area contributed by atoms with Crippen LogP contribution in [0.1, 0.15) is 42.5 Å². The Bertz CT molecular complexity index is 917. The normalized spacial score (nSPS) is 15.9. The van der Waals surface area contributed by atoms with Gasteiger partial charge in [-0.2, -0.15) is 9.41 Å². The molecule has 0 unspecified atom stereocenters. The maximum Gasteiger partial charge on any atom is 0.255 e. The van der Waals surface area contributed by atoms with Crippen molar-refractivity contribution in [3.8, 4) is 0 Å².